The zero-order chi connectivity index (χ0) is 11.8. The number of H-pyrrole nitrogens is 1. The smallest absolute Gasteiger partial charge is 0.107 e. The van der Waals surface area contributed by atoms with Gasteiger partial charge in [0.2, 0.25) is 0 Å². The van der Waals surface area contributed by atoms with Gasteiger partial charge in [-0.3, -0.25) is 5.10 Å². The lowest BCUT2D eigenvalue weighted by atomic mass is 9.83. The number of aromatic amines is 1. The zero-order valence-corrected chi connectivity index (χ0v) is 12.4. The number of rotatable bonds is 2. The number of hydrogen-bond acceptors (Lipinski definition) is 1. The summed E-state index contributed by atoms with van der Waals surface area (Å²) in [5, 5.41) is 7.62. The Morgan fingerprint density at radius 3 is 2.71 bits per heavy atom. The van der Waals surface area contributed by atoms with Gasteiger partial charge in [0, 0.05) is 16.0 Å². The van der Waals surface area contributed by atoms with Crippen molar-refractivity contribution in [2.24, 2.45) is 0 Å². The zero-order valence-electron chi connectivity index (χ0n) is 9.21. The Kier molecular flexibility index (Phi) is 3.09. The number of nitrogens with zero attached hydrogens (tertiary/aromatic N) is 1. The summed E-state index contributed by atoms with van der Waals surface area (Å²) in [6, 6.07) is 8.22. The average molecular weight is 356 g/mol. The van der Waals surface area contributed by atoms with Crippen LogP contribution >= 0.6 is 31.9 Å². The van der Waals surface area contributed by atoms with Gasteiger partial charge in [-0.05, 0) is 40.9 Å². The minimum absolute atomic E-state index is 0.665. The topological polar surface area (TPSA) is 28.7 Å². The molecule has 0 spiro atoms. The number of nitrogens with one attached hydrogen (secondary N) is 1. The summed E-state index contributed by atoms with van der Waals surface area (Å²) in [5.41, 5.74) is 3.40. The van der Waals surface area contributed by atoms with Crippen LogP contribution in [0.5, 0.6) is 0 Å². The van der Waals surface area contributed by atoms with Crippen LogP contribution in [0.25, 0.3) is 11.3 Å². The number of aromatic nitrogens is 2. The Balaban J connectivity index is 2.00. The first-order valence-electron chi connectivity index (χ1n) is 5.75. The maximum absolute atomic E-state index is 4.44. The first-order chi connectivity index (χ1) is 8.25. The minimum Gasteiger partial charge on any atom is -0.280 e. The summed E-state index contributed by atoms with van der Waals surface area (Å²) in [4.78, 5) is 0. The summed E-state index contributed by atoms with van der Waals surface area (Å²) in [6.45, 7) is 0. The largest absolute Gasteiger partial charge is 0.280 e. The third-order valence-electron chi connectivity index (χ3n) is 3.34. The van der Waals surface area contributed by atoms with Crippen molar-refractivity contribution < 1.29 is 0 Å². The molecule has 0 saturated heterocycles. The van der Waals surface area contributed by atoms with E-state index < -0.39 is 0 Å². The monoisotopic (exact) mass is 354 g/mol. The van der Waals surface area contributed by atoms with E-state index in [0.29, 0.717) is 5.92 Å². The lowest BCUT2D eigenvalue weighted by molar-refractivity contribution is 0.409. The van der Waals surface area contributed by atoms with E-state index in [-0.39, 0.29) is 0 Å². The number of benzene rings is 1. The number of hydrogen-bond donors (Lipinski definition) is 1. The fourth-order valence-corrected chi connectivity index (χ4v) is 3.27. The van der Waals surface area contributed by atoms with E-state index >= 15 is 0 Å². The van der Waals surface area contributed by atoms with Gasteiger partial charge in [0.1, 0.15) is 5.69 Å². The van der Waals surface area contributed by atoms with E-state index in [9.17, 15) is 0 Å². The van der Waals surface area contributed by atoms with E-state index in [2.05, 4.69) is 54.2 Å². The van der Waals surface area contributed by atoms with Crippen LogP contribution in [0, 0.1) is 0 Å². The fraction of sp³-hybridized carbons (Fsp3) is 0.308. The summed E-state index contributed by atoms with van der Waals surface area (Å²) in [5.74, 6) is 0.665. The Morgan fingerprint density at radius 1 is 1.24 bits per heavy atom. The van der Waals surface area contributed by atoms with Crippen LogP contribution in [-0.2, 0) is 0 Å². The van der Waals surface area contributed by atoms with E-state index in [1.54, 1.807) is 0 Å². The van der Waals surface area contributed by atoms with E-state index in [1.807, 2.05) is 12.1 Å². The molecule has 2 nitrogen and oxygen atoms in total. The van der Waals surface area contributed by atoms with Gasteiger partial charge < -0.3 is 0 Å². The van der Waals surface area contributed by atoms with Crippen LogP contribution in [0.2, 0.25) is 0 Å². The molecule has 0 aliphatic heterocycles. The first kappa shape index (κ1) is 11.5. The lowest BCUT2D eigenvalue weighted by Crippen LogP contribution is -2.09. The van der Waals surface area contributed by atoms with Gasteiger partial charge in [-0.1, -0.05) is 34.5 Å². The molecule has 1 saturated carbocycles. The van der Waals surface area contributed by atoms with Crippen molar-refractivity contribution in [1.29, 1.82) is 0 Å². The molecule has 1 N–H and O–H groups in total. The number of halogens is 2. The van der Waals surface area contributed by atoms with Gasteiger partial charge >= 0.3 is 0 Å². The maximum atomic E-state index is 4.44. The molecule has 0 atom stereocenters. The highest BCUT2D eigenvalue weighted by molar-refractivity contribution is 9.11. The van der Waals surface area contributed by atoms with Crippen LogP contribution in [0.15, 0.2) is 33.2 Å². The van der Waals surface area contributed by atoms with E-state index in [0.717, 1.165) is 20.2 Å². The highest BCUT2D eigenvalue weighted by atomic mass is 79.9. The fourth-order valence-electron chi connectivity index (χ4n) is 2.14. The first-order valence-corrected chi connectivity index (χ1v) is 7.34. The quantitative estimate of drug-likeness (QED) is 0.817. The van der Waals surface area contributed by atoms with Crippen LogP contribution in [-0.4, -0.2) is 10.2 Å². The molecule has 88 valence electrons. The summed E-state index contributed by atoms with van der Waals surface area (Å²) in [6.07, 6.45) is 3.89. The van der Waals surface area contributed by atoms with E-state index in [4.69, 9.17) is 0 Å². The normalized spacial score (nSPS) is 15.9. The van der Waals surface area contributed by atoms with Crippen molar-refractivity contribution in [1.82, 2.24) is 10.2 Å². The molecule has 1 aromatic carbocycles. The van der Waals surface area contributed by atoms with Gasteiger partial charge in [-0.15, -0.1) is 0 Å². The molecule has 1 heterocycles. The second-order valence-corrected chi connectivity index (χ2v) is 6.15. The molecule has 0 amide bonds. The van der Waals surface area contributed by atoms with Crippen LogP contribution in [0.3, 0.4) is 0 Å². The van der Waals surface area contributed by atoms with Crippen LogP contribution in [0.1, 0.15) is 30.9 Å². The van der Waals surface area contributed by atoms with Crippen molar-refractivity contribution in [3.05, 3.63) is 38.9 Å². The standard InChI is InChI=1S/C13H12Br2N2/c14-10-6-2-5-9(7-10)13-11(15)12(16-17-13)8-3-1-4-8/h2,5-8H,1,3-4H2,(H,16,17). The van der Waals surface area contributed by atoms with Crippen molar-refractivity contribution in [2.45, 2.75) is 25.2 Å². The highest BCUT2D eigenvalue weighted by Crippen LogP contribution is 2.41. The Hall–Kier alpha value is -0.610. The van der Waals surface area contributed by atoms with E-state index in [1.165, 1.54) is 25.0 Å². The lowest BCUT2D eigenvalue weighted by Gasteiger charge is -2.24. The molecule has 17 heavy (non-hydrogen) atoms. The molecule has 4 heteroatoms. The molecule has 0 radical (unpaired) electrons. The minimum atomic E-state index is 0.665. The summed E-state index contributed by atoms with van der Waals surface area (Å²) in [7, 11) is 0. The van der Waals surface area contributed by atoms with Gasteiger partial charge in [0.25, 0.3) is 0 Å². The second-order valence-electron chi connectivity index (χ2n) is 4.44. The van der Waals surface area contributed by atoms with Gasteiger partial charge in [0.05, 0.1) is 10.2 Å². The van der Waals surface area contributed by atoms with Crippen LogP contribution in [0.4, 0.5) is 0 Å². The Bertz CT molecular complexity index is 544. The average Bonchev–Trinajstić information content (AvgIpc) is 2.59. The third-order valence-corrected chi connectivity index (χ3v) is 4.64. The van der Waals surface area contributed by atoms with Crippen LogP contribution < -0.4 is 0 Å². The third kappa shape index (κ3) is 2.08. The van der Waals surface area contributed by atoms with Gasteiger partial charge in [-0.25, -0.2) is 0 Å². The molecule has 1 aliphatic rings. The van der Waals surface area contributed by atoms with Crippen molar-refractivity contribution in [3.63, 3.8) is 0 Å². The van der Waals surface area contributed by atoms with Crippen molar-refractivity contribution in [3.8, 4) is 11.3 Å². The molecule has 2 aromatic rings. The molecule has 0 bridgehead atoms. The van der Waals surface area contributed by atoms with Crippen molar-refractivity contribution in [2.75, 3.05) is 0 Å². The molecule has 3 rings (SSSR count). The summed E-state index contributed by atoms with van der Waals surface area (Å²) >= 11 is 7.17. The van der Waals surface area contributed by atoms with Crippen molar-refractivity contribution >= 4 is 31.9 Å². The summed E-state index contributed by atoms with van der Waals surface area (Å²) < 4.78 is 2.20. The highest BCUT2D eigenvalue weighted by Gasteiger charge is 2.25. The SMILES string of the molecule is Brc1cccc(-c2n[nH]c(C3CCC3)c2Br)c1. The molecular formula is C13H12Br2N2. The molecule has 1 aromatic heterocycles. The predicted octanol–water partition coefficient (Wildman–Crippen LogP) is 4.87. The predicted molar refractivity (Wildman–Crippen MR) is 76.0 cm³/mol. The second kappa shape index (κ2) is 4.58. The van der Waals surface area contributed by atoms with Gasteiger partial charge in [-0.2, -0.15) is 5.10 Å². The Morgan fingerprint density at radius 2 is 2.06 bits per heavy atom. The van der Waals surface area contributed by atoms with Gasteiger partial charge in [0.15, 0.2) is 0 Å². The molecular weight excluding hydrogens is 344 g/mol. The molecule has 1 fully saturated rings. The Labute approximate surface area is 117 Å². The molecule has 0 unspecified atom stereocenters. The maximum Gasteiger partial charge on any atom is 0.107 e. The molecule has 1 aliphatic carbocycles.